The molecule has 0 spiro atoms. The number of benzene rings is 1. The Morgan fingerprint density at radius 1 is 1.19 bits per heavy atom. The third kappa shape index (κ3) is 2.94. The second-order valence-electron chi connectivity index (χ2n) is 4.33. The van der Waals surface area contributed by atoms with Crippen LogP contribution in [0.25, 0.3) is 21.8 Å². The fourth-order valence-corrected chi connectivity index (χ4v) is 3.27. The van der Waals surface area contributed by atoms with Crippen LogP contribution in [0.5, 0.6) is 5.75 Å². The average Bonchev–Trinajstić information content (AvgIpc) is 3.04. The third-order valence-electron chi connectivity index (χ3n) is 3.08. The van der Waals surface area contributed by atoms with Gasteiger partial charge in [0.15, 0.2) is 0 Å². The summed E-state index contributed by atoms with van der Waals surface area (Å²) in [7, 11) is 1.68. The van der Waals surface area contributed by atoms with E-state index in [0.717, 1.165) is 32.6 Å². The van der Waals surface area contributed by atoms with Crippen molar-refractivity contribution in [3.05, 3.63) is 48.0 Å². The highest BCUT2D eigenvalue weighted by Crippen LogP contribution is 2.34. The summed E-state index contributed by atoms with van der Waals surface area (Å²) in [6.45, 7) is 0. The summed E-state index contributed by atoms with van der Waals surface area (Å²) in [5.41, 5.74) is 3.05. The van der Waals surface area contributed by atoms with Gasteiger partial charge >= 0.3 is 0 Å². The van der Waals surface area contributed by atoms with E-state index in [-0.39, 0.29) is 0 Å². The van der Waals surface area contributed by atoms with Crippen LogP contribution in [0.2, 0.25) is 0 Å². The number of rotatable bonds is 4. The predicted molar refractivity (Wildman–Crippen MR) is 89.1 cm³/mol. The topological polar surface area (TPSA) is 35.0 Å². The van der Waals surface area contributed by atoms with Crippen LogP contribution >= 0.6 is 23.1 Å². The quantitative estimate of drug-likeness (QED) is 0.659. The molecule has 1 aromatic carbocycles. The number of hydrogen-bond acceptors (Lipinski definition) is 5. The van der Waals surface area contributed by atoms with Crippen LogP contribution in [0.3, 0.4) is 0 Å². The van der Waals surface area contributed by atoms with E-state index in [0.29, 0.717) is 0 Å². The van der Waals surface area contributed by atoms with Gasteiger partial charge in [-0.25, -0.2) is 9.97 Å². The van der Waals surface area contributed by atoms with Crippen LogP contribution in [0.4, 0.5) is 0 Å². The normalized spacial score (nSPS) is 10.6. The first-order valence-electron chi connectivity index (χ1n) is 6.41. The molecule has 3 nitrogen and oxygen atoms in total. The lowest BCUT2D eigenvalue weighted by molar-refractivity contribution is 0.416. The lowest BCUT2D eigenvalue weighted by atomic mass is 10.1. The predicted octanol–water partition coefficient (Wildman–Crippen LogP) is 4.60. The monoisotopic (exact) mass is 314 g/mol. The van der Waals surface area contributed by atoms with Crippen molar-refractivity contribution in [3.63, 3.8) is 0 Å². The highest BCUT2D eigenvalue weighted by molar-refractivity contribution is 7.98. The van der Waals surface area contributed by atoms with Gasteiger partial charge in [-0.05, 0) is 30.5 Å². The van der Waals surface area contributed by atoms with E-state index in [1.54, 1.807) is 30.2 Å². The largest absolute Gasteiger partial charge is 0.496 e. The van der Waals surface area contributed by atoms with Crippen LogP contribution < -0.4 is 4.74 Å². The summed E-state index contributed by atoms with van der Waals surface area (Å²) < 4.78 is 5.40. The minimum absolute atomic E-state index is 0.842. The van der Waals surface area contributed by atoms with Gasteiger partial charge in [-0.1, -0.05) is 12.1 Å². The molecule has 0 saturated carbocycles. The summed E-state index contributed by atoms with van der Waals surface area (Å²) in [5, 5.41) is 4.06. The van der Waals surface area contributed by atoms with Crippen LogP contribution in [-0.2, 0) is 0 Å². The Bertz CT molecular complexity index is 755. The van der Waals surface area contributed by atoms with Crippen LogP contribution in [0, 0.1) is 0 Å². The molecule has 0 radical (unpaired) electrons. The Hall–Kier alpha value is -1.85. The standard InChI is InChI=1S/C16H14N2OS2/c1-19-14-6-4-3-5-12(14)13-10-21-16(18-13)11-7-8-17-15(9-11)20-2/h3-10H,1-2H3. The molecule has 0 aliphatic carbocycles. The number of hydrogen-bond donors (Lipinski definition) is 0. The van der Waals surface area contributed by atoms with Crippen molar-refractivity contribution in [1.82, 2.24) is 9.97 Å². The van der Waals surface area contributed by atoms with Gasteiger partial charge in [0, 0.05) is 22.7 Å². The summed E-state index contributed by atoms with van der Waals surface area (Å²) in [5.74, 6) is 0.842. The molecule has 0 atom stereocenters. The van der Waals surface area contributed by atoms with Crippen LogP contribution in [0.1, 0.15) is 0 Å². The highest BCUT2D eigenvalue weighted by Gasteiger charge is 2.10. The minimum Gasteiger partial charge on any atom is -0.496 e. The number of methoxy groups -OCH3 is 1. The maximum atomic E-state index is 5.40. The summed E-state index contributed by atoms with van der Waals surface area (Å²) in [6.07, 6.45) is 3.85. The molecule has 3 aromatic rings. The van der Waals surface area contributed by atoms with Gasteiger partial charge in [-0.15, -0.1) is 23.1 Å². The molecular weight excluding hydrogens is 300 g/mol. The van der Waals surface area contributed by atoms with E-state index in [9.17, 15) is 0 Å². The molecule has 106 valence electrons. The number of aromatic nitrogens is 2. The molecule has 21 heavy (non-hydrogen) atoms. The van der Waals surface area contributed by atoms with Crippen LogP contribution in [0.15, 0.2) is 53.0 Å². The molecule has 0 aliphatic rings. The zero-order chi connectivity index (χ0) is 14.7. The number of ether oxygens (including phenoxy) is 1. The molecule has 2 heterocycles. The van der Waals surface area contributed by atoms with E-state index >= 15 is 0 Å². The average molecular weight is 314 g/mol. The summed E-state index contributed by atoms with van der Waals surface area (Å²) in [6, 6.07) is 12.0. The molecule has 0 fully saturated rings. The molecule has 0 aliphatic heterocycles. The minimum atomic E-state index is 0.842. The number of pyridine rings is 1. The van der Waals surface area contributed by atoms with Gasteiger partial charge in [0.1, 0.15) is 10.8 Å². The SMILES string of the molecule is COc1ccccc1-c1csc(-c2ccnc(SC)c2)n1. The molecule has 0 N–H and O–H groups in total. The Morgan fingerprint density at radius 3 is 2.86 bits per heavy atom. The fourth-order valence-electron chi connectivity index (χ4n) is 2.04. The number of nitrogens with zero attached hydrogens (tertiary/aromatic N) is 2. The van der Waals surface area contributed by atoms with Crippen LogP contribution in [-0.4, -0.2) is 23.3 Å². The number of thioether (sulfide) groups is 1. The second-order valence-corrected chi connectivity index (χ2v) is 6.01. The van der Waals surface area contributed by atoms with Gasteiger partial charge in [-0.3, -0.25) is 0 Å². The molecule has 5 heteroatoms. The lowest BCUT2D eigenvalue weighted by Gasteiger charge is -2.05. The highest BCUT2D eigenvalue weighted by atomic mass is 32.2. The number of thiazole rings is 1. The second kappa shape index (κ2) is 6.28. The van der Waals surface area contributed by atoms with Crippen molar-refractivity contribution in [1.29, 1.82) is 0 Å². The maximum Gasteiger partial charge on any atom is 0.128 e. The van der Waals surface area contributed by atoms with Gasteiger partial charge < -0.3 is 4.74 Å². The smallest absolute Gasteiger partial charge is 0.128 e. The van der Waals surface area contributed by atoms with Crippen molar-refractivity contribution in [2.45, 2.75) is 5.03 Å². The lowest BCUT2D eigenvalue weighted by Crippen LogP contribution is -1.87. The number of para-hydroxylation sites is 1. The van der Waals surface area contributed by atoms with E-state index < -0.39 is 0 Å². The van der Waals surface area contributed by atoms with Gasteiger partial charge in [0.05, 0.1) is 17.8 Å². The first kappa shape index (κ1) is 14.1. The van der Waals surface area contributed by atoms with Crippen molar-refractivity contribution < 1.29 is 4.74 Å². The Labute approximate surface area is 132 Å². The summed E-state index contributed by atoms with van der Waals surface area (Å²) in [4.78, 5) is 9.03. The van der Waals surface area contributed by atoms with Crippen molar-refractivity contribution >= 4 is 23.1 Å². The zero-order valence-electron chi connectivity index (χ0n) is 11.7. The van der Waals surface area contributed by atoms with Crippen molar-refractivity contribution in [2.24, 2.45) is 0 Å². The first-order chi connectivity index (χ1) is 10.3. The molecule has 0 saturated heterocycles. The maximum absolute atomic E-state index is 5.40. The van der Waals surface area contributed by atoms with E-state index in [1.807, 2.05) is 42.8 Å². The molecule has 0 amide bonds. The Balaban J connectivity index is 1.99. The Morgan fingerprint density at radius 2 is 2.05 bits per heavy atom. The summed E-state index contributed by atoms with van der Waals surface area (Å²) >= 11 is 3.26. The van der Waals surface area contributed by atoms with E-state index in [1.165, 1.54) is 0 Å². The molecule has 0 unspecified atom stereocenters. The van der Waals surface area contributed by atoms with Gasteiger partial charge in [-0.2, -0.15) is 0 Å². The van der Waals surface area contributed by atoms with E-state index in [2.05, 4.69) is 16.4 Å². The molecular formula is C16H14N2OS2. The van der Waals surface area contributed by atoms with Gasteiger partial charge in [0.2, 0.25) is 0 Å². The Kier molecular flexibility index (Phi) is 4.22. The van der Waals surface area contributed by atoms with Crippen molar-refractivity contribution in [2.75, 3.05) is 13.4 Å². The van der Waals surface area contributed by atoms with E-state index in [4.69, 9.17) is 9.72 Å². The first-order valence-corrected chi connectivity index (χ1v) is 8.51. The zero-order valence-corrected chi connectivity index (χ0v) is 13.4. The molecule has 0 bridgehead atoms. The molecule has 3 rings (SSSR count). The third-order valence-corrected chi connectivity index (χ3v) is 4.61. The fraction of sp³-hybridized carbons (Fsp3) is 0.125. The van der Waals surface area contributed by atoms with Crippen molar-refractivity contribution in [3.8, 4) is 27.6 Å². The molecule has 2 aromatic heterocycles. The van der Waals surface area contributed by atoms with Gasteiger partial charge in [0.25, 0.3) is 0 Å².